The van der Waals surface area contributed by atoms with E-state index in [9.17, 15) is 9.59 Å². The van der Waals surface area contributed by atoms with Gasteiger partial charge in [-0.3, -0.25) is 9.59 Å². The summed E-state index contributed by atoms with van der Waals surface area (Å²) in [6.45, 7) is 7.88. The van der Waals surface area contributed by atoms with Gasteiger partial charge < -0.3 is 19.7 Å². The summed E-state index contributed by atoms with van der Waals surface area (Å²) in [5, 5.41) is 2.92. The van der Waals surface area contributed by atoms with Crippen molar-refractivity contribution in [2.24, 2.45) is 0 Å². The molecule has 2 amide bonds. The van der Waals surface area contributed by atoms with Gasteiger partial charge in [0.1, 0.15) is 17.5 Å². The van der Waals surface area contributed by atoms with Gasteiger partial charge in [0.15, 0.2) is 6.61 Å². The number of ether oxygens (including phenoxy) is 2. The Morgan fingerprint density at radius 2 is 1.60 bits per heavy atom. The molecule has 0 aromatic heterocycles. The van der Waals surface area contributed by atoms with Crippen LogP contribution in [0.2, 0.25) is 0 Å². The molecule has 6 heteroatoms. The molecule has 0 unspecified atom stereocenters. The molecular weight excluding hydrogens is 380 g/mol. The Balaban J connectivity index is 2.19. The molecule has 0 aliphatic heterocycles. The van der Waals surface area contributed by atoms with E-state index in [1.165, 1.54) is 0 Å². The number of aryl methyl sites for hydroxylation is 1. The van der Waals surface area contributed by atoms with E-state index in [0.29, 0.717) is 18.7 Å². The minimum absolute atomic E-state index is 0.00621. The van der Waals surface area contributed by atoms with E-state index in [1.807, 2.05) is 76.2 Å². The second kappa shape index (κ2) is 11.2. The Kier molecular flexibility index (Phi) is 8.71. The van der Waals surface area contributed by atoms with Gasteiger partial charge in [0, 0.05) is 12.6 Å². The molecule has 0 aliphatic rings. The first-order valence-electron chi connectivity index (χ1n) is 10.3. The molecule has 0 fully saturated rings. The van der Waals surface area contributed by atoms with Crippen molar-refractivity contribution in [3.63, 3.8) is 0 Å². The van der Waals surface area contributed by atoms with E-state index in [0.717, 1.165) is 16.9 Å². The predicted octanol–water partition coefficient (Wildman–Crippen LogP) is 3.71. The van der Waals surface area contributed by atoms with Gasteiger partial charge in [-0.1, -0.05) is 36.8 Å². The maximum absolute atomic E-state index is 13.1. The summed E-state index contributed by atoms with van der Waals surface area (Å²) in [6, 6.07) is 14.4. The number of methoxy groups -OCH3 is 1. The summed E-state index contributed by atoms with van der Waals surface area (Å²) >= 11 is 0. The number of hydrogen-bond acceptors (Lipinski definition) is 4. The number of hydrogen-bond donors (Lipinski definition) is 1. The third-order valence-electron chi connectivity index (χ3n) is 4.71. The summed E-state index contributed by atoms with van der Waals surface area (Å²) in [5.74, 6) is 0.962. The number of nitrogens with one attached hydrogen (secondary N) is 1. The van der Waals surface area contributed by atoms with Crippen LogP contribution in [0.3, 0.4) is 0 Å². The summed E-state index contributed by atoms with van der Waals surface area (Å²) in [7, 11) is 1.61. The van der Waals surface area contributed by atoms with Crippen LogP contribution < -0.4 is 14.8 Å². The molecule has 1 atom stereocenters. The van der Waals surface area contributed by atoms with Crippen LogP contribution in [-0.2, 0) is 16.1 Å². The van der Waals surface area contributed by atoms with Crippen molar-refractivity contribution in [2.45, 2.75) is 52.7 Å². The highest BCUT2D eigenvalue weighted by Crippen LogP contribution is 2.17. The largest absolute Gasteiger partial charge is 0.497 e. The highest BCUT2D eigenvalue weighted by atomic mass is 16.5. The smallest absolute Gasteiger partial charge is 0.261 e. The minimum atomic E-state index is -0.580. The molecule has 0 radical (unpaired) electrons. The molecule has 0 bridgehead atoms. The van der Waals surface area contributed by atoms with Crippen molar-refractivity contribution in [3.05, 3.63) is 59.7 Å². The highest BCUT2D eigenvalue weighted by molar-refractivity contribution is 5.88. The molecule has 2 rings (SSSR count). The lowest BCUT2D eigenvalue weighted by atomic mass is 10.1. The molecule has 0 heterocycles. The molecule has 0 saturated carbocycles. The van der Waals surface area contributed by atoms with E-state index in [1.54, 1.807) is 12.0 Å². The molecule has 162 valence electrons. The zero-order valence-corrected chi connectivity index (χ0v) is 18.5. The van der Waals surface area contributed by atoms with Gasteiger partial charge in [0.05, 0.1) is 7.11 Å². The summed E-state index contributed by atoms with van der Waals surface area (Å²) in [6.07, 6.45) is 0.505. The van der Waals surface area contributed by atoms with Crippen LogP contribution in [0.1, 0.15) is 38.3 Å². The maximum Gasteiger partial charge on any atom is 0.261 e. The molecular formula is C24H32N2O4. The fourth-order valence-electron chi connectivity index (χ4n) is 3.09. The van der Waals surface area contributed by atoms with E-state index < -0.39 is 6.04 Å². The maximum atomic E-state index is 13.1. The van der Waals surface area contributed by atoms with Gasteiger partial charge in [-0.25, -0.2) is 0 Å². The second-order valence-electron chi connectivity index (χ2n) is 7.56. The van der Waals surface area contributed by atoms with Crippen molar-refractivity contribution >= 4 is 11.8 Å². The fourth-order valence-corrected chi connectivity index (χ4v) is 3.09. The quantitative estimate of drug-likeness (QED) is 0.646. The van der Waals surface area contributed by atoms with Crippen LogP contribution in [-0.4, -0.2) is 42.5 Å². The molecule has 0 aliphatic carbocycles. The molecule has 0 spiro atoms. The summed E-state index contributed by atoms with van der Waals surface area (Å²) in [4.78, 5) is 27.5. The molecule has 1 N–H and O–H groups in total. The van der Waals surface area contributed by atoms with Crippen LogP contribution in [0, 0.1) is 6.92 Å². The lowest BCUT2D eigenvalue weighted by molar-refractivity contribution is -0.143. The minimum Gasteiger partial charge on any atom is -0.497 e. The number of nitrogens with zero attached hydrogens (tertiary/aromatic N) is 1. The Labute approximate surface area is 179 Å². The van der Waals surface area contributed by atoms with E-state index in [2.05, 4.69) is 5.32 Å². The van der Waals surface area contributed by atoms with Crippen molar-refractivity contribution < 1.29 is 19.1 Å². The first kappa shape index (κ1) is 23.3. The topological polar surface area (TPSA) is 67.9 Å². The van der Waals surface area contributed by atoms with Crippen LogP contribution in [0.4, 0.5) is 0 Å². The lowest BCUT2D eigenvalue weighted by Crippen LogP contribution is -2.51. The van der Waals surface area contributed by atoms with E-state index >= 15 is 0 Å². The van der Waals surface area contributed by atoms with E-state index in [4.69, 9.17) is 9.47 Å². The average molecular weight is 413 g/mol. The zero-order valence-electron chi connectivity index (χ0n) is 18.5. The van der Waals surface area contributed by atoms with Gasteiger partial charge in [-0.2, -0.15) is 0 Å². The number of carbonyl (C=O) groups excluding carboxylic acids is 2. The molecule has 6 nitrogen and oxygen atoms in total. The summed E-state index contributed by atoms with van der Waals surface area (Å²) < 4.78 is 10.9. The Morgan fingerprint density at radius 1 is 1.00 bits per heavy atom. The van der Waals surface area contributed by atoms with Crippen molar-refractivity contribution in [2.75, 3.05) is 13.7 Å². The average Bonchev–Trinajstić information content (AvgIpc) is 2.73. The van der Waals surface area contributed by atoms with Gasteiger partial charge in [0.2, 0.25) is 5.91 Å². The Bertz CT molecular complexity index is 816. The zero-order chi connectivity index (χ0) is 22.1. The van der Waals surface area contributed by atoms with Crippen molar-refractivity contribution in [1.29, 1.82) is 0 Å². The normalized spacial score (nSPS) is 11.7. The van der Waals surface area contributed by atoms with E-state index in [-0.39, 0.29) is 24.5 Å². The number of rotatable bonds is 10. The Hall–Kier alpha value is -3.02. The molecule has 2 aromatic carbocycles. The van der Waals surface area contributed by atoms with Gasteiger partial charge in [-0.05, 0) is 57.0 Å². The molecule has 30 heavy (non-hydrogen) atoms. The standard InChI is InChI=1S/C24H32N2O4/c1-6-22(24(28)25-17(2)3)26(15-19-9-13-20(29-5)14-10-19)23(27)16-30-21-11-7-18(4)8-12-21/h7-14,17,22H,6,15-16H2,1-5H3,(H,25,28)/t22-/m0/s1. The van der Waals surface area contributed by atoms with Gasteiger partial charge >= 0.3 is 0 Å². The number of amides is 2. The van der Waals surface area contributed by atoms with Crippen LogP contribution in [0.15, 0.2) is 48.5 Å². The van der Waals surface area contributed by atoms with Crippen LogP contribution in [0.25, 0.3) is 0 Å². The highest BCUT2D eigenvalue weighted by Gasteiger charge is 2.29. The summed E-state index contributed by atoms with van der Waals surface area (Å²) in [5.41, 5.74) is 2.03. The van der Waals surface area contributed by atoms with Gasteiger partial charge in [0.25, 0.3) is 5.91 Å². The third kappa shape index (κ3) is 6.79. The second-order valence-corrected chi connectivity index (χ2v) is 7.56. The fraction of sp³-hybridized carbons (Fsp3) is 0.417. The SMILES string of the molecule is CC[C@@H](C(=O)NC(C)C)N(Cc1ccc(OC)cc1)C(=O)COc1ccc(C)cc1. The number of benzene rings is 2. The van der Waals surface area contributed by atoms with Crippen molar-refractivity contribution in [1.82, 2.24) is 10.2 Å². The van der Waals surface area contributed by atoms with Crippen LogP contribution >= 0.6 is 0 Å². The predicted molar refractivity (Wildman–Crippen MR) is 118 cm³/mol. The molecule has 2 aromatic rings. The molecule has 0 saturated heterocycles. The van der Waals surface area contributed by atoms with Crippen molar-refractivity contribution in [3.8, 4) is 11.5 Å². The first-order chi connectivity index (χ1) is 14.3. The number of carbonyl (C=O) groups is 2. The lowest BCUT2D eigenvalue weighted by Gasteiger charge is -2.31. The monoisotopic (exact) mass is 412 g/mol. The first-order valence-corrected chi connectivity index (χ1v) is 10.3. The van der Waals surface area contributed by atoms with Crippen LogP contribution in [0.5, 0.6) is 11.5 Å². The van der Waals surface area contributed by atoms with Gasteiger partial charge in [-0.15, -0.1) is 0 Å². The Morgan fingerprint density at radius 3 is 2.13 bits per heavy atom. The third-order valence-corrected chi connectivity index (χ3v) is 4.71.